The molecular formula is C115H86N14O8Pt4. The number of hydrogen-bond acceptors (Lipinski definition) is 14. The van der Waals surface area contributed by atoms with Crippen LogP contribution in [0.2, 0.25) is 0 Å². The Balaban J connectivity index is 0.000000142. The number of phenols is 4. The van der Waals surface area contributed by atoms with Gasteiger partial charge in [0.15, 0.2) is 23.3 Å². The van der Waals surface area contributed by atoms with Crippen LogP contribution in [0.1, 0.15) is 43.6 Å². The molecule has 0 bridgehead atoms. The summed E-state index contributed by atoms with van der Waals surface area (Å²) < 4.78 is 7.45. The molecule has 26 heteroatoms. The van der Waals surface area contributed by atoms with Gasteiger partial charge < -0.3 is 50.4 Å². The molecule has 22 nitrogen and oxygen atoms in total. The first-order valence-electron chi connectivity index (χ1n) is 44.1. The van der Waals surface area contributed by atoms with Gasteiger partial charge in [0.1, 0.15) is 34.0 Å². The molecule has 0 aliphatic carbocycles. The van der Waals surface area contributed by atoms with Crippen LogP contribution in [0.3, 0.4) is 0 Å². The summed E-state index contributed by atoms with van der Waals surface area (Å²) in [7, 11) is 7.19. The van der Waals surface area contributed by atoms with Crippen molar-refractivity contribution in [1.82, 2.24) is 58.1 Å². The van der Waals surface area contributed by atoms with Crippen molar-refractivity contribution < 1.29 is 124 Å². The molecular weight excluding hydrogens is 2490 g/mol. The number of carboxylic acid groups (broad SMARTS) is 2. The minimum atomic E-state index is -1.06. The topological polar surface area (TPSA) is 307 Å². The van der Waals surface area contributed by atoms with E-state index in [1.807, 2.05) is 248 Å². The molecule has 0 amide bonds. The summed E-state index contributed by atoms with van der Waals surface area (Å²) in [6, 6.07) is 126. The molecule has 8 aromatic heterocycles. The van der Waals surface area contributed by atoms with Crippen LogP contribution in [0.4, 0.5) is 11.4 Å². The van der Waals surface area contributed by atoms with Gasteiger partial charge in [-0.05, 0) is 172 Å². The number of benzene rings is 14. The molecule has 22 aromatic rings. The Morgan fingerprint density at radius 1 is 0.284 bits per heavy atom. The maximum atomic E-state index is 11.5. The molecule has 0 saturated carbocycles. The van der Waals surface area contributed by atoms with Crippen molar-refractivity contribution in [2.45, 2.75) is 5.92 Å². The van der Waals surface area contributed by atoms with Crippen molar-refractivity contribution in [1.29, 1.82) is 0 Å². The number of imidazole rings is 4. The minimum absolute atomic E-state index is 0. The van der Waals surface area contributed by atoms with E-state index in [9.17, 15) is 40.2 Å². The number of para-hydroxylation sites is 10. The molecule has 704 valence electrons. The van der Waals surface area contributed by atoms with Crippen molar-refractivity contribution in [2.75, 3.05) is 14.1 Å². The van der Waals surface area contributed by atoms with Crippen LogP contribution in [0.5, 0.6) is 23.0 Å². The minimum Gasteiger partial charge on any atom is -0.686 e. The number of nitrogens with zero attached hydrogens (tertiary/aromatic N) is 14. The zero-order valence-corrected chi connectivity index (χ0v) is 84.9. The molecule has 0 unspecified atom stereocenters. The number of aromatic carboxylic acids is 2. The van der Waals surface area contributed by atoms with Crippen LogP contribution in [-0.4, -0.2) is 115 Å². The second-order valence-corrected chi connectivity index (χ2v) is 32.2. The molecule has 141 heavy (non-hydrogen) atoms. The number of pyridine rings is 4. The fourth-order valence-corrected chi connectivity index (χ4v) is 17.2. The van der Waals surface area contributed by atoms with E-state index in [0.717, 1.165) is 106 Å². The third-order valence-corrected chi connectivity index (χ3v) is 23.9. The van der Waals surface area contributed by atoms with Gasteiger partial charge in [0.2, 0.25) is 0 Å². The van der Waals surface area contributed by atoms with Crippen LogP contribution in [0.15, 0.2) is 407 Å². The second kappa shape index (κ2) is 44.7. The first kappa shape index (κ1) is 99.5. The Morgan fingerprint density at radius 3 is 0.943 bits per heavy atom. The summed E-state index contributed by atoms with van der Waals surface area (Å²) in [5.41, 5.74) is 23.8. The Kier molecular flexibility index (Phi) is 31.5. The largest absolute Gasteiger partial charge is 2.00 e. The molecule has 14 aromatic carbocycles. The van der Waals surface area contributed by atoms with Crippen LogP contribution >= 0.6 is 0 Å². The number of hydrogen-bond donors (Lipinski definition) is 6. The molecule has 0 saturated heterocycles. The predicted octanol–water partition coefficient (Wildman–Crippen LogP) is 26.1. The summed E-state index contributed by atoms with van der Waals surface area (Å²) in [4.78, 5) is 62.3. The molecule has 0 fully saturated rings. The summed E-state index contributed by atoms with van der Waals surface area (Å²) in [6.45, 7) is 0. The van der Waals surface area contributed by atoms with Gasteiger partial charge >= 0.3 is 33.0 Å². The first-order chi connectivity index (χ1) is 67.0. The van der Waals surface area contributed by atoms with Gasteiger partial charge in [0.05, 0.1) is 84.7 Å². The van der Waals surface area contributed by atoms with Crippen molar-refractivity contribution in [3.05, 3.63) is 445 Å². The van der Waals surface area contributed by atoms with Crippen LogP contribution in [-0.2, 0) is 98.4 Å². The van der Waals surface area contributed by atoms with E-state index in [4.69, 9.17) is 29.9 Å². The van der Waals surface area contributed by atoms with Crippen LogP contribution in [0, 0.1) is 0 Å². The average Bonchev–Trinajstić information content (AvgIpc) is 1.47. The molecule has 22 rings (SSSR count). The molecule has 0 radical (unpaired) electrons. The SMILES string of the molecule is C[N-]c1ccccc1-c1cc(-c2ccccc2)c2ccc3c(-c4ccccc4)cc(-c4ccccc4[N-]C)nc3c2n1.Cn1c(-c2nc3c(C(=O)O)cccc3n2C)nc2c(C(=O)O)cccc21.Oc1ccccc1-c1cccc(C(c2ccccc2)c2cccc(-c3ccccc3O)n2)n1.Oc1ccccc1-c1cn(-c2ccccc2)c(-c2nc(-c3ccccc3O)cn2-c2ccccc2)n1.[Pt+2].[Pt].[Pt].[Pt]. The number of carboxylic acids is 2. The molecule has 0 atom stereocenters. The van der Waals surface area contributed by atoms with Gasteiger partial charge in [-0.25, -0.2) is 39.5 Å². The second-order valence-electron chi connectivity index (χ2n) is 32.2. The maximum Gasteiger partial charge on any atom is 2.00 e. The standard InChI is InChI=1S/C38H28N4.C30H22N4O2.C29H22N2O2.C18H14N4O4.4Pt/c1-39-33-19-11-9-17-29(33)35-23-31(25-13-5-3-6-14-25)27-21-22-28-32(26-15-7-4-8-16-26)24-36(42-38(28)37(27)41-35)30-18-10-12-20-34(30)40-2;35-27-17-9-7-15-23(27)25-19-33(21-11-3-1-4-12-21)29(31-25)30-32-26(24-16-8-10-18-28(24)36)20-34(30)22-13-5-2-6-14-22;32-27-18-6-4-12-21(27)23-14-8-16-25(30-23)29(20-10-2-1-3-11-20)26-17-9-15-24(31-26)22-13-5-7-19-28(22)33;1-21-11-7-3-5-9(17(23)24)13(11)19-15(21)16-20-14-10(18(25)26)6-4-8-12(14)22(16)2;;;;/h3-24H,1-2H3;1-20,35-36H;1-19,29,32-33H;3-8H,1-2H3,(H,23,24)(H,25,26);;;;/q-2;;;;;;;+2. The number of aromatic hydroxyl groups is 4. The van der Waals surface area contributed by atoms with Gasteiger partial charge in [-0.2, -0.15) is 0 Å². The van der Waals surface area contributed by atoms with Crippen molar-refractivity contribution in [2.24, 2.45) is 14.1 Å². The third kappa shape index (κ3) is 20.7. The molecule has 0 aliphatic rings. The first-order valence-corrected chi connectivity index (χ1v) is 44.1. The van der Waals surface area contributed by atoms with Gasteiger partial charge in [-0.3, -0.25) is 19.1 Å². The van der Waals surface area contributed by atoms with E-state index in [0.29, 0.717) is 90.4 Å². The fourth-order valence-electron chi connectivity index (χ4n) is 17.2. The number of aromatic nitrogens is 12. The summed E-state index contributed by atoms with van der Waals surface area (Å²) >= 11 is 0. The Morgan fingerprint density at radius 2 is 0.596 bits per heavy atom. The van der Waals surface area contributed by atoms with E-state index in [2.05, 4.69) is 118 Å². The number of fused-ring (bicyclic) bond motifs is 5. The van der Waals surface area contributed by atoms with Crippen molar-refractivity contribution >= 4 is 67.2 Å². The number of phenolic OH excluding ortho intramolecular Hbond substituents is 4. The smallest absolute Gasteiger partial charge is 0.686 e. The summed E-state index contributed by atoms with van der Waals surface area (Å²) in [6.07, 6.45) is 3.81. The molecule has 0 aliphatic heterocycles. The fraction of sp³-hybridized carbons (Fsp3) is 0.0435. The predicted molar refractivity (Wildman–Crippen MR) is 541 cm³/mol. The van der Waals surface area contributed by atoms with Crippen LogP contribution < -0.4 is 0 Å². The zero-order valence-electron chi connectivity index (χ0n) is 75.8. The Hall–Kier alpha value is -15.9. The van der Waals surface area contributed by atoms with Gasteiger partial charge in [0, 0.05) is 134 Å². The Labute approximate surface area is 869 Å². The summed E-state index contributed by atoms with van der Waals surface area (Å²) in [5, 5.41) is 71.7. The number of carbonyl (C=O) groups is 2. The number of aryl methyl sites for hydroxylation is 2. The Bertz CT molecular complexity index is 7800. The van der Waals surface area contributed by atoms with Crippen molar-refractivity contribution in [3.8, 4) is 147 Å². The monoisotopic (exact) mass is 2570 g/mol. The van der Waals surface area contributed by atoms with Gasteiger partial charge in [0.25, 0.3) is 0 Å². The quantitative estimate of drug-likeness (QED) is 0.0410. The maximum absolute atomic E-state index is 11.5. The molecule has 8 heterocycles. The van der Waals surface area contributed by atoms with E-state index in [1.165, 1.54) is 12.1 Å². The van der Waals surface area contributed by atoms with Crippen LogP contribution in [0.25, 0.3) is 179 Å². The van der Waals surface area contributed by atoms with E-state index >= 15 is 0 Å². The van der Waals surface area contributed by atoms with Crippen molar-refractivity contribution in [3.63, 3.8) is 0 Å². The molecule has 0 spiro atoms. The normalized spacial score (nSPS) is 10.8. The third-order valence-electron chi connectivity index (χ3n) is 23.9. The molecule has 6 N–H and O–H groups in total. The van der Waals surface area contributed by atoms with Gasteiger partial charge in [-0.1, -0.05) is 261 Å². The van der Waals surface area contributed by atoms with E-state index in [-0.39, 0.29) is 124 Å². The van der Waals surface area contributed by atoms with E-state index in [1.54, 1.807) is 96.0 Å². The van der Waals surface area contributed by atoms with Gasteiger partial charge in [-0.15, -0.1) is 25.5 Å². The van der Waals surface area contributed by atoms with E-state index < -0.39 is 11.9 Å². The zero-order chi connectivity index (χ0) is 94.2. The summed E-state index contributed by atoms with van der Waals surface area (Å²) in [5.74, 6) is 0.490. The number of rotatable bonds is 19. The average molecular weight is 2570 g/mol.